The zero-order chi connectivity index (χ0) is 10.2. The molecule has 5 nitrogen and oxygen atoms in total. The fraction of sp³-hybridized carbons (Fsp3) is 1.00. The molecule has 0 aliphatic carbocycles. The van der Waals surface area contributed by atoms with Gasteiger partial charge in [-0.1, -0.05) is 6.92 Å². The largest absolute Gasteiger partial charge is 0.388 e. The summed E-state index contributed by atoms with van der Waals surface area (Å²) in [5.41, 5.74) is 0. The van der Waals surface area contributed by atoms with Gasteiger partial charge in [0.15, 0.2) is 5.79 Å². The quantitative estimate of drug-likeness (QED) is 0.409. The highest BCUT2D eigenvalue weighted by molar-refractivity contribution is 4.93. The fourth-order valence-corrected chi connectivity index (χ4v) is 1.49. The Labute approximate surface area is 76.6 Å². The maximum absolute atomic E-state index is 9.49. The van der Waals surface area contributed by atoms with Gasteiger partial charge in [-0.15, -0.1) is 0 Å². The Bertz CT molecular complexity index is 179. The second kappa shape index (κ2) is 3.51. The Morgan fingerprint density at radius 1 is 1.23 bits per heavy atom. The average Bonchev–Trinajstić information content (AvgIpc) is 2.08. The topological polar surface area (TPSA) is 90.2 Å². The molecule has 0 amide bonds. The van der Waals surface area contributed by atoms with Crippen molar-refractivity contribution in [1.82, 2.24) is 0 Å². The predicted octanol–water partition coefficient (Wildman–Crippen LogP) is -1.41. The monoisotopic (exact) mass is 192 g/mol. The van der Waals surface area contributed by atoms with Gasteiger partial charge in [-0.3, -0.25) is 0 Å². The van der Waals surface area contributed by atoms with E-state index in [1.165, 1.54) is 6.92 Å². The molecule has 1 saturated heterocycles. The Kier molecular flexibility index (Phi) is 2.94. The van der Waals surface area contributed by atoms with Crippen molar-refractivity contribution in [1.29, 1.82) is 0 Å². The maximum atomic E-state index is 9.49. The van der Waals surface area contributed by atoms with Gasteiger partial charge in [0.2, 0.25) is 0 Å². The van der Waals surface area contributed by atoms with E-state index in [0.29, 0.717) is 6.42 Å². The minimum absolute atomic E-state index is 0.459. The van der Waals surface area contributed by atoms with Gasteiger partial charge >= 0.3 is 0 Å². The minimum atomic E-state index is -1.79. The fourth-order valence-electron chi connectivity index (χ4n) is 1.49. The number of aliphatic hydroxyl groups excluding tert-OH is 3. The highest BCUT2D eigenvalue weighted by atomic mass is 16.7. The van der Waals surface area contributed by atoms with E-state index in [2.05, 4.69) is 0 Å². The number of ether oxygens (including phenoxy) is 1. The average molecular weight is 192 g/mol. The number of aliphatic hydroxyl groups is 4. The van der Waals surface area contributed by atoms with Crippen LogP contribution in [0.2, 0.25) is 0 Å². The molecule has 4 N–H and O–H groups in total. The van der Waals surface area contributed by atoms with Crippen molar-refractivity contribution in [3.63, 3.8) is 0 Å². The molecule has 1 heterocycles. The molecule has 5 atom stereocenters. The summed E-state index contributed by atoms with van der Waals surface area (Å²) in [4.78, 5) is 0. The molecule has 1 rings (SSSR count). The number of hydrogen-bond donors (Lipinski definition) is 4. The van der Waals surface area contributed by atoms with Crippen LogP contribution in [0.1, 0.15) is 20.3 Å². The predicted molar refractivity (Wildman–Crippen MR) is 43.8 cm³/mol. The third-order valence-corrected chi connectivity index (χ3v) is 2.40. The molecular weight excluding hydrogens is 176 g/mol. The SMILES string of the molecule is CCC1OC(C)(O)C(O)C(O)C1O. The Morgan fingerprint density at radius 2 is 1.77 bits per heavy atom. The summed E-state index contributed by atoms with van der Waals surface area (Å²) in [5, 5.41) is 37.5. The second-order valence-corrected chi connectivity index (χ2v) is 3.55. The lowest BCUT2D eigenvalue weighted by Crippen LogP contribution is -2.62. The molecule has 0 bridgehead atoms. The summed E-state index contributed by atoms with van der Waals surface area (Å²) in [6.45, 7) is 3.02. The normalized spacial score (nSPS) is 52.2. The number of hydrogen-bond acceptors (Lipinski definition) is 5. The highest BCUT2D eigenvalue weighted by Gasteiger charge is 2.49. The molecule has 5 unspecified atom stereocenters. The summed E-state index contributed by atoms with van der Waals surface area (Å²) in [6, 6.07) is 0. The van der Waals surface area contributed by atoms with Gasteiger partial charge in [-0.25, -0.2) is 0 Å². The van der Waals surface area contributed by atoms with Crippen LogP contribution in [-0.2, 0) is 4.74 Å². The molecule has 1 aliphatic rings. The first-order chi connectivity index (χ1) is 5.90. The van der Waals surface area contributed by atoms with Crippen LogP contribution in [0.4, 0.5) is 0 Å². The lowest BCUT2D eigenvalue weighted by atomic mass is 9.92. The van der Waals surface area contributed by atoms with Gasteiger partial charge in [0.05, 0.1) is 6.10 Å². The van der Waals surface area contributed by atoms with Crippen molar-refractivity contribution in [3.05, 3.63) is 0 Å². The summed E-state index contributed by atoms with van der Waals surface area (Å²) >= 11 is 0. The summed E-state index contributed by atoms with van der Waals surface area (Å²) in [6.07, 6.45) is -4.19. The van der Waals surface area contributed by atoms with Crippen molar-refractivity contribution in [2.75, 3.05) is 0 Å². The molecule has 0 aromatic carbocycles. The van der Waals surface area contributed by atoms with Crippen LogP contribution in [-0.4, -0.2) is 50.6 Å². The first-order valence-corrected chi connectivity index (χ1v) is 4.34. The van der Waals surface area contributed by atoms with Crippen LogP contribution in [0.5, 0.6) is 0 Å². The zero-order valence-corrected chi connectivity index (χ0v) is 7.71. The lowest BCUT2D eigenvalue weighted by molar-refractivity contribution is -0.337. The molecule has 0 spiro atoms. The van der Waals surface area contributed by atoms with E-state index in [0.717, 1.165) is 0 Å². The smallest absolute Gasteiger partial charge is 0.192 e. The van der Waals surface area contributed by atoms with Gasteiger partial charge < -0.3 is 25.2 Å². The van der Waals surface area contributed by atoms with Crippen molar-refractivity contribution >= 4 is 0 Å². The first-order valence-electron chi connectivity index (χ1n) is 4.34. The van der Waals surface area contributed by atoms with Crippen molar-refractivity contribution < 1.29 is 25.2 Å². The van der Waals surface area contributed by atoms with E-state index in [1.54, 1.807) is 6.92 Å². The van der Waals surface area contributed by atoms with E-state index in [4.69, 9.17) is 4.74 Å². The molecule has 78 valence electrons. The van der Waals surface area contributed by atoms with E-state index in [1.807, 2.05) is 0 Å². The molecule has 0 aromatic rings. The molecule has 5 heteroatoms. The second-order valence-electron chi connectivity index (χ2n) is 3.55. The van der Waals surface area contributed by atoms with Gasteiger partial charge in [0.25, 0.3) is 0 Å². The van der Waals surface area contributed by atoms with Crippen LogP contribution >= 0.6 is 0 Å². The highest BCUT2D eigenvalue weighted by Crippen LogP contribution is 2.28. The minimum Gasteiger partial charge on any atom is -0.388 e. The van der Waals surface area contributed by atoms with E-state index >= 15 is 0 Å². The molecule has 0 radical (unpaired) electrons. The molecular formula is C8H16O5. The van der Waals surface area contributed by atoms with Crippen LogP contribution < -0.4 is 0 Å². The molecule has 1 aliphatic heterocycles. The van der Waals surface area contributed by atoms with E-state index in [-0.39, 0.29) is 0 Å². The molecule has 13 heavy (non-hydrogen) atoms. The third-order valence-electron chi connectivity index (χ3n) is 2.40. The molecule has 1 fully saturated rings. The van der Waals surface area contributed by atoms with Gasteiger partial charge in [-0.05, 0) is 13.3 Å². The summed E-state index contributed by atoms with van der Waals surface area (Å²) < 4.78 is 5.01. The van der Waals surface area contributed by atoms with E-state index in [9.17, 15) is 20.4 Å². The summed E-state index contributed by atoms with van der Waals surface area (Å²) in [5.74, 6) is -1.79. The standard InChI is InChI=1S/C8H16O5/c1-3-4-5(9)6(10)7(11)8(2,12)13-4/h4-7,9-12H,3H2,1-2H3. The van der Waals surface area contributed by atoms with Gasteiger partial charge in [-0.2, -0.15) is 0 Å². The summed E-state index contributed by atoms with van der Waals surface area (Å²) in [7, 11) is 0. The van der Waals surface area contributed by atoms with Gasteiger partial charge in [0, 0.05) is 0 Å². The molecule has 0 aromatic heterocycles. The van der Waals surface area contributed by atoms with Crippen molar-refractivity contribution in [2.24, 2.45) is 0 Å². The third kappa shape index (κ3) is 1.84. The van der Waals surface area contributed by atoms with Gasteiger partial charge in [0.1, 0.15) is 18.3 Å². The maximum Gasteiger partial charge on any atom is 0.192 e. The van der Waals surface area contributed by atoms with Crippen molar-refractivity contribution in [3.8, 4) is 0 Å². The van der Waals surface area contributed by atoms with Crippen LogP contribution in [0.15, 0.2) is 0 Å². The van der Waals surface area contributed by atoms with Crippen molar-refractivity contribution in [2.45, 2.75) is 50.5 Å². The van der Waals surface area contributed by atoms with Crippen LogP contribution in [0.3, 0.4) is 0 Å². The lowest BCUT2D eigenvalue weighted by Gasteiger charge is -2.43. The van der Waals surface area contributed by atoms with E-state index < -0.39 is 30.2 Å². The first kappa shape index (κ1) is 10.9. The number of rotatable bonds is 1. The Hall–Kier alpha value is -0.200. The Balaban J connectivity index is 2.79. The molecule has 0 saturated carbocycles. The Morgan fingerprint density at radius 3 is 2.23 bits per heavy atom. The zero-order valence-electron chi connectivity index (χ0n) is 7.71. The van der Waals surface area contributed by atoms with Crippen LogP contribution in [0.25, 0.3) is 0 Å². The van der Waals surface area contributed by atoms with Crippen LogP contribution in [0, 0.1) is 0 Å².